The number of thiazole rings is 1. The molecule has 1 N–H and O–H groups in total. The molecule has 2 amide bonds. The number of morpholine rings is 1. The molecule has 3 heterocycles. The summed E-state index contributed by atoms with van der Waals surface area (Å²) >= 11 is 1.51. The highest BCUT2D eigenvalue weighted by Gasteiger charge is 2.30. The molecule has 4 rings (SSSR count). The van der Waals surface area contributed by atoms with Crippen LogP contribution < -0.4 is 19.5 Å². The number of carbonyl (C=O) groups is 2. The number of carbonyl (C=O) groups excluding carboxylic acids is 2. The van der Waals surface area contributed by atoms with Crippen LogP contribution in [0.5, 0.6) is 17.2 Å². The second kappa shape index (κ2) is 12.4. The van der Waals surface area contributed by atoms with Crippen LogP contribution in [-0.4, -0.2) is 100 Å². The van der Waals surface area contributed by atoms with Crippen LogP contribution in [-0.2, 0) is 4.74 Å². The van der Waals surface area contributed by atoms with E-state index in [1.165, 1.54) is 25.6 Å². The molecular formula is C25H34N4O6S. The quantitative estimate of drug-likeness (QED) is 0.539. The van der Waals surface area contributed by atoms with Crippen LogP contribution in [0.4, 0.5) is 0 Å². The predicted molar refractivity (Wildman–Crippen MR) is 136 cm³/mol. The average Bonchev–Trinajstić information content (AvgIpc) is 3.43. The maximum Gasteiger partial charge on any atom is 0.270 e. The van der Waals surface area contributed by atoms with E-state index in [4.69, 9.17) is 18.9 Å². The summed E-state index contributed by atoms with van der Waals surface area (Å²) in [5, 5.41) is 5.74. The van der Waals surface area contributed by atoms with E-state index in [0.717, 1.165) is 50.7 Å². The monoisotopic (exact) mass is 518 g/mol. The zero-order chi connectivity index (χ0) is 25.5. The van der Waals surface area contributed by atoms with Crippen molar-refractivity contribution in [1.82, 2.24) is 20.1 Å². The molecule has 0 aliphatic carbocycles. The summed E-state index contributed by atoms with van der Waals surface area (Å²) < 4.78 is 21.6. The minimum Gasteiger partial charge on any atom is -0.493 e. The first-order chi connectivity index (χ1) is 17.5. The number of nitrogens with zero attached hydrogens (tertiary/aromatic N) is 3. The van der Waals surface area contributed by atoms with Gasteiger partial charge in [-0.1, -0.05) is 0 Å². The zero-order valence-electron chi connectivity index (χ0n) is 21.1. The Morgan fingerprint density at radius 2 is 1.78 bits per heavy atom. The maximum absolute atomic E-state index is 13.3. The van der Waals surface area contributed by atoms with Crippen molar-refractivity contribution in [1.29, 1.82) is 0 Å². The highest BCUT2D eigenvalue weighted by molar-refractivity contribution is 7.09. The lowest BCUT2D eigenvalue weighted by Crippen LogP contribution is -2.41. The summed E-state index contributed by atoms with van der Waals surface area (Å²) in [6.07, 6.45) is 1.57. The Hall–Kier alpha value is -2.89. The van der Waals surface area contributed by atoms with Crippen LogP contribution in [0.3, 0.4) is 0 Å². The number of ether oxygens (including phenoxy) is 4. The van der Waals surface area contributed by atoms with Gasteiger partial charge in [-0.15, -0.1) is 11.3 Å². The highest BCUT2D eigenvalue weighted by atomic mass is 32.1. The summed E-state index contributed by atoms with van der Waals surface area (Å²) in [4.78, 5) is 34.5. The molecule has 2 aliphatic heterocycles. The summed E-state index contributed by atoms with van der Waals surface area (Å²) in [5.41, 5.74) is 0.907. The molecule has 0 unspecified atom stereocenters. The third-order valence-corrected chi connectivity index (χ3v) is 7.65. The first-order valence-corrected chi connectivity index (χ1v) is 13.1. The number of rotatable bonds is 9. The molecule has 196 valence electrons. The van der Waals surface area contributed by atoms with Gasteiger partial charge in [0.05, 0.1) is 45.1 Å². The third kappa shape index (κ3) is 5.91. The lowest BCUT2D eigenvalue weighted by atomic mass is 9.97. The lowest BCUT2D eigenvalue weighted by Gasteiger charge is -2.31. The second-order valence-corrected chi connectivity index (χ2v) is 9.62. The molecule has 2 aromatic rings. The Morgan fingerprint density at radius 1 is 1.06 bits per heavy atom. The van der Waals surface area contributed by atoms with E-state index in [2.05, 4.69) is 15.2 Å². The number of hydrogen-bond donors (Lipinski definition) is 1. The van der Waals surface area contributed by atoms with Gasteiger partial charge in [-0.05, 0) is 25.0 Å². The van der Waals surface area contributed by atoms with Crippen molar-refractivity contribution in [3.05, 3.63) is 33.8 Å². The van der Waals surface area contributed by atoms with Gasteiger partial charge in [-0.3, -0.25) is 14.5 Å². The Balaban J connectivity index is 1.31. The number of piperidine rings is 1. The standard InChI is InChI=1S/C25H34N4O6S/c1-32-20-5-4-18(21(33-2)22(20)34-3)25(31)29-9-6-17(7-10-29)24-27-19(16-36-24)23(30)26-8-11-28-12-14-35-15-13-28/h4-5,16-17H,6-15H2,1-3H3,(H,26,30). The number of methoxy groups -OCH3 is 3. The number of aromatic nitrogens is 1. The van der Waals surface area contributed by atoms with Crippen molar-refractivity contribution >= 4 is 23.2 Å². The fraction of sp³-hybridized carbons (Fsp3) is 0.560. The summed E-state index contributed by atoms with van der Waals surface area (Å²) in [5.74, 6) is 1.26. The van der Waals surface area contributed by atoms with E-state index in [9.17, 15) is 9.59 Å². The smallest absolute Gasteiger partial charge is 0.270 e. The van der Waals surface area contributed by atoms with Crippen molar-refractivity contribution in [3.8, 4) is 17.2 Å². The number of hydrogen-bond acceptors (Lipinski definition) is 9. The zero-order valence-corrected chi connectivity index (χ0v) is 21.9. The van der Waals surface area contributed by atoms with Crippen molar-refractivity contribution in [2.24, 2.45) is 0 Å². The molecule has 1 aromatic carbocycles. The molecule has 2 aliphatic rings. The van der Waals surface area contributed by atoms with Gasteiger partial charge >= 0.3 is 0 Å². The van der Waals surface area contributed by atoms with Gasteiger partial charge in [0, 0.05) is 50.6 Å². The molecular weight excluding hydrogens is 484 g/mol. The van der Waals surface area contributed by atoms with E-state index in [1.54, 1.807) is 19.2 Å². The van der Waals surface area contributed by atoms with Crippen molar-refractivity contribution in [2.75, 3.05) is 73.8 Å². The lowest BCUT2D eigenvalue weighted by molar-refractivity contribution is 0.0383. The second-order valence-electron chi connectivity index (χ2n) is 8.73. The van der Waals surface area contributed by atoms with Gasteiger partial charge < -0.3 is 29.2 Å². The SMILES string of the molecule is COc1ccc(C(=O)N2CCC(c3nc(C(=O)NCCN4CCOCC4)cs3)CC2)c(OC)c1OC. The molecule has 0 bridgehead atoms. The van der Waals surface area contributed by atoms with Crippen LogP contribution in [0.1, 0.15) is 44.6 Å². The largest absolute Gasteiger partial charge is 0.493 e. The molecule has 1 aromatic heterocycles. The molecule has 36 heavy (non-hydrogen) atoms. The summed E-state index contributed by atoms with van der Waals surface area (Å²) in [6.45, 7) is 5.89. The first kappa shape index (κ1) is 26.2. The molecule has 11 heteroatoms. The Bertz CT molecular complexity index is 1050. The minimum absolute atomic E-state index is 0.106. The molecule has 2 saturated heterocycles. The first-order valence-electron chi connectivity index (χ1n) is 12.2. The fourth-order valence-electron chi connectivity index (χ4n) is 4.59. The van der Waals surface area contributed by atoms with Crippen molar-refractivity contribution < 1.29 is 28.5 Å². The molecule has 0 radical (unpaired) electrons. The summed E-state index contributed by atoms with van der Waals surface area (Å²) in [7, 11) is 4.58. The highest BCUT2D eigenvalue weighted by Crippen LogP contribution is 2.40. The molecule has 0 spiro atoms. The van der Waals surface area contributed by atoms with Gasteiger partial charge in [0.1, 0.15) is 5.69 Å². The number of amides is 2. The molecule has 10 nitrogen and oxygen atoms in total. The van der Waals surface area contributed by atoms with Crippen LogP contribution in [0.2, 0.25) is 0 Å². The van der Waals surface area contributed by atoms with Gasteiger partial charge in [0.25, 0.3) is 11.8 Å². The molecule has 2 fully saturated rings. The van der Waals surface area contributed by atoms with E-state index < -0.39 is 0 Å². The number of nitrogens with one attached hydrogen (secondary N) is 1. The van der Waals surface area contributed by atoms with Crippen molar-refractivity contribution in [2.45, 2.75) is 18.8 Å². The van der Waals surface area contributed by atoms with Crippen LogP contribution in [0.15, 0.2) is 17.5 Å². The van der Waals surface area contributed by atoms with Crippen LogP contribution in [0, 0.1) is 0 Å². The molecule has 0 atom stereocenters. The van der Waals surface area contributed by atoms with Crippen LogP contribution >= 0.6 is 11.3 Å². The third-order valence-electron chi connectivity index (χ3n) is 6.64. The fourth-order valence-corrected chi connectivity index (χ4v) is 5.56. The van der Waals surface area contributed by atoms with E-state index in [0.29, 0.717) is 48.1 Å². The Kier molecular flexibility index (Phi) is 9.00. The Morgan fingerprint density at radius 3 is 2.44 bits per heavy atom. The minimum atomic E-state index is -0.140. The van der Waals surface area contributed by atoms with Gasteiger partial charge in [0.15, 0.2) is 11.5 Å². The van der Waals surface area contributed by atoms with Crippen LogP contribution in [0.25, 0.3) is 0 Å². The van der Waals surface area contributed by atoms with Crippen molar-refractivity contribution in [3.63, 3.8) is 0 Å². The number of likely N-dealkylation sites (tertiary alicyclic amines) is 1. The molecule has 0 saturated carbocycles. The van der Waals surface area contributed by atoms with Gasteiger partial charge in [0.2, 0.25) is 5.75 Å². The predicted octanol–water partition coefficient (Wildman–Crippen LogP) is 2.25. The Labute approximate surface area is 215 Å². The van der Waals surface area contributed by atoms with E-state index in [-0.39, 0.29) is 17.7 Å². The van der Waals surface area contributed by atoms with E-state index in [1.807, 2.05) is 10.3 Å². The maximum atomic E-state index is 13.3. The average molecular weight is 519 g/mol. The topological polar surface area (TPSA) is 102 Å². The summed E-state index contributed by atoms with van der Waals surface area (Å²) in [6, 6.07) is 3.42. The van der Waals surface area contributed by atoms with E-state index >= 15 is 0 Å². The van der Waals surface area contributed by atoms with Gasteiger partial charge in [-0.25, -0.2) is 4.98 Å². The number of benzene rings is 1. The normalized spacial score (nSPS) is 17.0. The van der Waals surface area contributed by atoms with Gasteiger partial charge in [-0.2, -0.15) is 0 Å².